The van der Waals surface area contributed by atoms with Crippen LogP contribution in [0.1, 0.15) is 33.3 Å². The summed E-state index contributed by atoms with van der Waals surface area (Å²) in [6, 6.07) is 14.5. The molecule has 1 unspecified atom stereocenters. The molecule has 0 saturated heterocycles. The van der Waals surface area contributed by atoms with Crippen LogP contribution in [0.2, 0.25) is 13.1 Å². The molecule has 0 saturated carbocycles. The maximum Gasteiger partial charge on any atom is 0.0899 e. The third-order valence-electron chi connectivity index (χ3n) is 5.00. The summed E-state index contributed by atoms with van der Waals surface area (Å²) in [6.07, 6.45) is 5.08. The van der Waals surface area contributed by atoms with E-state index in [0.717, 1.165) is 5.76 Å². The average Bonchev–Trinajstić information content (AvgIpc) is 3.31. The van der Waals surface area contributed by atoms with E-state index in [4.69, 9.17) is 4.42 Å². The summed E-state index contributed by atoms with van der Waals surface area (Å²) in [5, 5.41) is 2.55. The number of halogens is 2. The number of allylic oxidation sites excluding steroid dienone is 4. The van der Waals surface area contributed by atoms with Gasteiger partial charge >= 0.3 is 41.9 Å². The van der Waals surface area contributed by atoms with E-state index >= 15 is 0 Å². The summed E-state index contributed by atoms with van der Waals surface area (Å²) < 4.78 is 5.47. The Morgan fingerprint density at radius 2 is 1.60 bits per heavy atom. The molecule has 1 aliphatic rings. The molecular formula is C25H32Cl2OSiZr. The van der Waals surface area contributed by atoms with Crippen LogP contribution in [0.25, 0.3) is 22.1 Å². The maximum absolute atomic E-state index is 5.47. The van der Waals surface area contributed by atoms with Gasteiger partial charge in [0.1, 0.15) is 0 Å². The number of fused-ring (bicyclic) bond motifs is 1. The monoisotopic (exact) mass is 536 g/mol. The molecule has 160 valence electrons. The Labute approximate surface area is 209 Å². The molecule has 0 aliphatic heterocycles. The van der Waals surface area contributed by atoms with E-state index in [1.807, 2.05) is 12.1 Å². The normalized spacial score (nSPS) is 14.6. The fourth-order valence-corrected chi connectivity index (χ4v) is 3.28. The van der Waals surface area contributed by atoms with Crippen molar-refractivity contribution in [3.8, 4) is 11.3 Å². The number of hydrogen-bond acceptors (Lipinski definition) is 1. The molecule has 1 nitrogen and oxygen atoms in total. The van der Waals surface area contributed by atoms with E-state index in [1.54, 1.807) is 29.6 Å². The Bertz CT molecular complexity index is 1010. The molecule has 0 radical (unpaired) electrons. The molecule has 0 bridgehead atoms. The van der Waals surface area contributed by atoms with Crippen molar-refractivity contribution in [1.82, 2.24) is 0 Å². The first-order chi connectivity index (χ1) is 13.2. The van der Waals surface area contributed by atoms with E-state index in [1.165, 1.54) is 38.6 Å². The van der Waals surface area contributed by atoms with Gasteiger partial charge < -0.3 is 4.42 Å². The van der Waals surface area contributed by atoms with Gasteiger partial charge in [-0.05, 0) is 12.1 Å². The molecule has 4 rings (SSSR count). The van der Waals surface area contributed by atoms with Gasteiger partial charge in [-0.2, -0.15) is 11.1 Å². The van der Waals surface area contributed by atoms with Crippen molar-refractivity contribution in [3.05, 3.63) is 77.1 Å². The van der Waals surface area contributed by atoms with E-state index in [2.05, 4.69) is 84.1 Å². The van der Waals surface area contributed by atoms with Crippen LogP contribution in [0.5, 0.6) is 0 Å². The Hall–Kier alpha value is -0.730. The van der Waals surface area contributed by atoms with Gasteiger partial charge in [-0.25, -0.2) is 5.57 Å². The number of furan rings is 1. The van der Waals surface area contributed by atoms with E-state index in [-0.39, 0.29) is 30.2 Å². The minimum absolute atomic E-state index is 0. The summed E-state index contributed by atoms with van der Waals surface area (Å²) in [5.74, 6) is 1.51. The molecule has 0 spiro atoms. The molecule has 1 heterocycles. The van der Waals surface area contributed by atoms with E-state index in [9.17, 15) is 0 Å². The first-order valence-corrected chi connectivity index (χ1v) is 15.9. The molecule has 2 aromatic carbocycles. The molecule has 1 aromatic heterocycles. The van der Waals surface area contributed by atoms with Crippen LogP contribution in [0.4, 0.5) is 0 Å². The predicted molar refractivity (Wildman–Crippen MR) is 134 cm³/mol. The van der Waals surface area contributed by atoms with Gasteiger partial charge in [0.05, 0.1) is 12.0 Å². The smallest absolute Gasteiger partial charge is 0.0899 e. The van der Waals surface area contributed by atoms with Crippen LogP contribution in [-0.4, -0.2) is 5.43 Å². The number of rotatable bonds is 1. The van der Waals surface area contributed by atoms with Crippen LogP contribution >= 0.6 is 24.8 Å². The second kappa shape index (κ2) is 13.6. The third kappa shape index (κ3) is 7.75. The SMILES string of the molecule is CC1=[C-]C(C)C(C)=C1C.C[Si](C)=[Zr+2].Cc1[cH-]c2ccccc2c1-c1ccco1.Cl.Cl. The van der Waals surface area contributed by atoms with Crippen LogP contribution in [0.15, 0.2) is 69.9 Å². The van der Waals surface area contributed by atoms with Crippen molar-refractivity contribution < 1.29 is 27.8 Å². The summed E-state index contributed by atoms with van der Waals surface area (Å²) in [6.45, 7) is 15.4. The fourth-order valence-electron chi connectivity index (χ4n) is 3.28. The van der Waals surface area contributed by atoms with Gasteiger partial charge in [-0.3, -0.25) is 6.08 Å². The molecule has 1 atom stereocenters. The van der Waals surface area contributed by atoms with Crippen LogP contribution in [0, 0.1) is 18.9 Å². The van der Waals surface area contributed by atoms with Crippen molar-refractivity contribution in [2.24, 2.45) is 5.92 Å². The fraction of sp³-hybridized carbons (Fsp3) is 0.320. The zero-order valence-electron chi connectivity index (χ0n) is 18.9. The second-order valence-electron chi connectivity index (χ2n) is 7.57. The Balaban J connectivity index is 0.000000486. The largest absolute Gasteiger partial charge is 0.475 e. The van der Waals surface area contributed by atoms with Gasteiger partial charge in [-0.15, -0.1) is 72.3 Å². The van der Waals surface area contributed by atoms with Crippen LogP contribution < -0.4 is 0 Å². The molecule has 0 fully saturated rings. The average molecular weight is 539 g/mol. The van der Waals surface area contributed by atoms with Crippen molar-refractivity contribution in [1.29, 1.82) is 0 Å². The topological polar surface area (TPSA) is 13.1 Å². The second-order valence-corrected chi connectivity index (χ2v) is 16.9. The van der Waals surface area contributed by atoms with Crippen molar-refractivity contribution >= 4 is 41.0 Å². The van der Waals surface area contributed by atoms with Gasteiger partial charge in [0.25, 0.3) is 0 Å². The van der Waals surface area contributed by atoms with Crippen molar-refractivity contribution in [2.45, 2.75) is 47.7 Å². The minimum atomic E-state index is 0. The van der Waals surface area contributed by atoms with Gasteiger partial charge in [-0.1, -0.05) is 45.2 Å². The molecule has 0 N–H and O–H groups in total. The van der Waals surface area contributed by atoms with Crippen LogP contribution in [0.3, 0.4) is 0 Å². The summed E-state index contributed by atoms with van der Waals surface area (Å²) >= 11 is 1.74. The van der Waals surface area contributed by atoms with Gasteiger partial charge in [0.15, 0.2) is 0 Å². The van der Waals surface area contributed by atoms with E-state index in [0.29, 0.717) is 5.92 Å². The zero-order valence-corrected chi connectivity index (χ0v) is 24.0. The van der Waals surface area contributed by atoms with Gasteiger partial charge in [0.2, 0.25) is 0 Å². The Kier molecular flexibility index (Phi) is 13.3. The standard InChI is InChI=1S/C14H11O.C9H13.C2H6Si.2ClH.Zr/c1-10-9-11-5-2-3-6-12(11)14(10)13-7-4-8-15-13;1-6-5-7(2)9(4)8(6)3;1-3-2;;;/h2-9H,1H3;6H,1-4H3;1-2H3;2*1H;/q2*-1;;;;+2. The Morgan fingerprint density at radius 1 is 1.00 bits per heavy atom. The number of aryl methyl sites for hydroxylation is 1. The molecular weight excluding hydrogens is 506 g/mol. The Morgan fingerprint density at radius 3 is 2.03 bits per heavy atom. The van der Waals surface area contributed by atoms with Crippen molar-refractivity contribution in [2.75, 3.05) is 0 Å². The predicted octanol–water partition coefficient (Wildman–Crippen LogP) is 8.48. The minimum Gasteiger partial charge on any atom is -0.475 e. The molecule has 5 heteroatoms. The molecule has 0 amide bonds. The molecule has 1 aliphatic carbocycles. The zero-order chi connectivity index (χ0) is 20.8. The first-order valence-electron chi connectivity index (χ1n) is 9.70. The number of benzene rings is 1. The number of hydrogen-bond donors (Lipinski definition) is 0. The summed E-state index contributed by atoms with van der Waals surface area (Å²) in [5.41, 5.74) is 6.94. The summed E-state index contributed by atoms with van der Waals surface area (Å²) in [4.78, 5) is 0. The quantitative estimate of drug-likeness (QED) is 0.224. The third-order valence-corrected chi connectivity index (χ3v) is 5.00. The van der Waals surface area contributed by atoms with Crippen molar-refractivity contribution in [3.63, 3.8) is 0 Å². The van der Waals surface area contributed by atoms with Crippen LogP contribution in [-0.2, 0) is 23.3 Å². The molecule has 30 heavy (non-hydrogen) atoms. The molecule has 3 aromatic rings. The maximum atomic E-state index is 5.47. The van der Waals surface area contributed by atoms with Gasteiger partial charge in [0, 0.05) is 0 Å². The van der Waals surface area contributed by atoms with E-state index < -0.39 is 0 Å². The first kappa shape index (κ1) is 29.3. The summed E-state index contributed by atoms with van der Waals surface area (Å²) in [7, 11) is 0.